The Hall–Kier alpha value is -10.6. The molecule has 0 heterocycles. The first-order chi connectivity index (χ1) is 54.0. The largest absolute Gasteiger partial charge is 0.504 e. The van der Waals surface area contributed by atoms with Crippen LogP contribution in [-0.4, -0.2) is 22.8 Å². The molecule has 2 aliphatic carbocycles. The van der Waals surface area contributed by atoms with E-state index in [1.54, 1.807) is 103 Å². The number of carbonyl (C=O) groups excluding carboxylic acids is 2. The van der Waals surface area contributed by atoms with E-state index in [1.165, 1.54) is 204 Å². The molecule has 2 saturated carbocycles. The molecule has 0 aromatic heterocycles. The number of phenolic OH excluding ortho intramolecular Hbond substituents is 2. The lowest BCUT2D eigenvalue weighted by molar-refractivity contribution is 0.111. The maximum Gasteiger partial charge on any atom is 0.162 e. The number of phenols is 2. The number of ether oxygens (including phenoxy) is 6. The van der Waals surface area contributed by atoms with Gasteiger partial charge in [-0.2, -0.15) is 0 Å². The molecule has 0 aliphatic heterocycles. The Morgan fingerprint density at radius 2 is 0.545 bits per heavy atom. The number of hydrogen-bond donors (Lipinski definition) is 2. The second-order valence-corrected chi connectivity index (χ2v) is 27.9. The van der Waals surface area contributed by atoms with Crippen molar-refractivity contribution in [2.75, 3.05) is 0 Å². The first kappa shape index (κ1) is 87.0. The summed E-state index contributed by atoms with van der Waals surface area (Å²) in [6, 6.07) is 64.6. The zero-order valence-electron chi connectivity index (χ0n) is 62.3. The number of rotatable bonds is 29. The van der Waals surface area contributed by atoms with Gasteiger partial charge in [-0.1, -0.05) is 190 Å². The van der Waals surface area contributed by atoms with Crippen LogP contribution in [0.15, 0.2) is 243 Å². The Kier molecular flexibility index (Phi) is 37.0. The normalized spacial score (nSPS) is 12.4. The molecule has 0 bridgehead atoms. The van der Waals surface area contributed by atoms with Crippen LogP contribution in [0, 0.1) is 52.6 Å². The van der Waals surface area contributed by atoms with Crippen LogP contribution in [-0.2, 0) is 57.8 Å². The molecule has 13 rings (SSSR count). The Balaban J connectivity index is 0.000000188. The fraction of sp³-hybridized carbons (Fsp3) is 0.269. The van der Waals surface area contributed by atoms with Gasteiger partial charge in [0.25, 0.3) is 0 Å². The molecule has 10 nitrogen and oxygen atoms in total. The predicted octanol–water partition coefficient (Wildman–Crippen LogP) is 25.0. The highest BCUT2D eigenvalue weighted by Gasteiger charge is 2.17. The van der Waals surface area contributed by atoms with Crippen LogP contribution < -0.4 is 28.4 Å². The van der Waals surface area contributed by atoms with Gasteiger partial charge in [-0.25, -0.2) is 30.7 Å². The van der Waals surface area contributed by atoms with E-state index in [0.29, 0.717) is 84.6 Å². The minimum atomic E-state index is -0.319. The van der Waals surface area contributed by atoms with Crippen molar-refractivity contribution in [1.82, 2.24) is 0 Å². The third-order valence-corrected chi connectivity index (χ3v) is 19.4. The van der Waals surface area contributed by atoms with Gasteiger partial charge in [0.05, 0.1) is 0 Å². The zero-order chi connectivity index (χ0) is 78.4. The fourth-order valence-electron chi connectivity index (χ4n) is 12.5. The molecule has 2 aliphatic rings. The molecule has 11 aromatic rings. The number of alkyl halides is 1. The second-order valence-electron chi connectivity index (χ2n) is 27.3. The van der Waals surface area contributed by atoms with Gasteiger partial charge in [-0.3, -0.25) is 9.59 Å². The average molecular weight is 1620 g/mol. The number of aldehydes is 2. The van der Waals surface area contributed by atoms with Gasteiger partial charge in [0.1, 0.15) is 92.9 Å². The van der Waals surface area contributed by atoms with Crippen LogP contribution >= 0.6 is 28.3 Å². The summed E-state index contributed by atoms with van der Waals surface area (Å²) in [5, 5.41) is 18.4. The first-order valence-corrected chi connectivity index (χ1v) is 38.5. The third-order valence-electron chi connectivity index (χ3n) is 18.8. The van der Waals surface area contributed by atoms with E-state index >= 15 is 0 Å². The number of aryl methyl sites for hydroxylation is 2. The summed E-state index contributed by atoms with van der Waals surface area (Å²) < 4.78 is 127. The van der Waals surface area contributed by atoms with Crippen molar-refractivity contribution >= 4 is 40.9 Å². The third kappa shape index (κ3) is 31.3. The predicted molar refractivity (Wildman–Crippen MR) is 430 cm³/mol. The van der Waals surface area contributed by atoms with E-state index in [9.17, 15) is 40.3 Å². The molecule has 19 heteroatoms. The van der Waals surface area contributed by atoms with Gasteiger partial charge in [-0.15, -0.1) is 12.4 Å². The van der Waals surface area contributed by atoms with Gasteiger partial charge in [-0.05, 0) is 233 Å². The Morgan fingerprint density at radius 3 is 0.830 bits per heavy atom. The lowest BCUT2D eigenvalue weighted by Gasteiger charge is -2.21. The van der Waals surface area contributed by atoms with E-state index in [-0.39, 0.29) is 77.8 Å². The molecule has 0 radical (unpaired) electrons. The Morgan fingerprint density at radius 1 is 0.295 bits per heavy atom. The van der Waals surface area contributed by atoms with Gasteiger partial charge in [0.2, 0.25) is 0 Å². The van der Waals surface area contributed by atoms with Crippen LogP contribution in [0.25, 0.3) is 0 Å². The molecule has 112 heavy (non-hydrogen) atoms. The maximum atomic E-state index is 13.2. The summed E-state index contributed by atoms with van der Waals surface area (Å²) in [7, 11) is 0. The zero-order valence-corrected chi connectivity index (χ0v) is 64.7. The van der Waals surface area contributed by atoms with Gasteiger partial charge >= 0.3 is 0 Å². The molecule has 0 unspecified atom stereocenters. The number of benzene rings is 11. The summed E-state index contributed by atoms with van der Waals surface area (Å²) in [5.74, 6) is 2.93. The summed E-state index contributed by atoms with van der Waals surface area (Å²) >= 11 is 3.26. The Bertz CT molecular complexity index is 4400. The summed E-state index contributed by atoms with van der Waals surface area (Å²) in [6.07, 6.45) is 22.1. The highest BCUT2D eigenvalue weighted by molar-refractivity contribution is 9.08. The van der Waals surface area contributed by atoms with Crippen LogP contribution in [0.4, 0.5) is 30.7 Å². The first-order valence-electron chi connectivity index (χ1n) is 37.4. The molecule has 0 atom stereocenters. The quantitative estimate of drug-likeness (QED) is 0.0202. The van der Waals surface area contributed by atoms with Crippen LogP contribution in [0.5, 0.6) is 46.0 Å². The number of aromatic hydroxyl groups is 2. The van der Waals surface area contributed by atoms with Crippen LogP contribution in [0.1, 0.15) is 161 Å². The van der Waals surface area contributed by atoms with E-state index in [2.05, 4.69) is 40.2 Å². The van der Waals surface area contributed by atoms with Gasteiger partial charge in [0, 0.05) is 16.5 Å². The van der Waals surface area contributed by atoms with E-state index in [1.807, 2.05) is 12.1 Å². The van der Waals surface area contributed by atoms with Crippen molar-refractivity contribution in [1.29, 1.82) is 0 Å². The topological polar surface area (TPSA) is 130 Å². The minimum absolute atomic E-state index is 0. The van der Waals surface area contributed by atoms with E-state index in [4.69, 9.17) is 38.6 Å². The molecular weight excluding hydrogens is 1530 g/mol. The van der Waals surface area contributed by atoms with Crippen molar-refractivity contribution in [2.45, 2.75) is 148 Å². The number of hydrogen-bond acceptors (Lipinski definition) is 10. The van der Waals surface area contributed by atoms with Gasteiger partial charge in [0.15, 0.2) is 46.0 Å². The number of carbonyl (C=O) groups is 2. The monoisotopic (exact) mass is 1620 g/mol. The molecule has 2 N–H and O–H groups in total. The standard InChI is InChI=1S/2C29H32F2O2.C21H16F2O3.C7H6BrF.C7H6O3.ClH/c2*30-26-14-9-24(10-15-26)20-32-28-18-13-23(8-4-7-22-5-2-1-3-6-22)19-29(28)33-21-25-11-16-27(31)17-12-25;22-18-6-1-15(2-7-18)13-25-20-10-5-17(12-24)11-21(20)26-14-16-3-8-19(23)9-4-16;8-5-6-1-3-7(9)4-2-6;8-4-5-1-2-6(9)7(10)3-5;/h2*9-19,22H,1-8,20-21H2;1-12H,13-14H2;1-4H,5H2;1-4,9-10H;1H. The van der Waals surface area contributed by atoms with E-state index in [0.717, 1.165) is 69.0 Å². The van der Waals surface area contributed by atoms with E-state index < -0.39 is 0 Å². The molecule has 0 amide bonds. The van der Waals surface area contributed by atoms with Crippen molar-refractivity contribution < 1.29 is 79.0 Å². The molecular formula is C93H93BrClF7O10. The summed E-state index contributed by atoms with van der Waals surface area (Å²) in [6.45, 7) is 1.75. The van der Waals surface area contributed by atoms with Crippen molar-refractivity contribution in [3.63, 3.8) is 0 Å². The maximum absolute atomic E-state index is 13.2. The highest BCUT2D eigenvalue weighted by atomic mass is 79.9. The molecule has 0 spiro atoms. The lowest BCUT2D eigenvalue weighted by atomic mass is 9.85. The van der Waals surface area contributed by atoms with Crippen molar-refractivity contribution in [2.24, 2.45) is 11.8 Å². The Labute approximate surface area is 666 Å². The summed E-state index contributed by atoms with van der Waals surface area (Å²) in [4.78, 5) is 21.1. The molecule has 0 saturated heterocycles. The summed E-state index contributed by atoms with van der Waals surface area (Å²) in [5.41, 5.74) is 9.49. The van der Waals surface area contributed by atoms with Crippen LogP contribution in [0.3, 0.4) is 0 Å². The SMILES string of the molecule is Cl.Fc1ccc(CBr)cc1.Fc1ccc(COc2ccc(CCCC3CCCCC3)cc2OCc2ccc(F)cc2)cc1.Fc1ccc(COc2ccc(CCCC3CCCCC3)cc2OCc2ccc(F)cc2)cc1.O=Cc1ccc(O)c(O)c1.O=Cc1ccc(OCc2ccc(F)cc2)c(OCc2ccc(F)cc2)c1. The fourth-order valence-corrected chi connectivity index (χ4v) is 12.9. The average Bonchev–Trinajstić information content (AvgIpc) is 0.852. The second kappa shape index (κ2) is 47.6. The lowest BCUT2D eigenvalue weighted by Crippen LogP contribution is -2.06. The molecule has 11 aromatic carbocycles. The van der Waals surface area contributed by atoms with Gasteiger partial charge < -0.3 is 38.6 Å². The van der Waals surface area contributed by atoms with Crippen molar-refractivity contribution in [3.8, 4) is 46.0 Å². The number of halogens is 9. The smallest absolute Gasteiger partial charge is 0.162 e. The highest BCUT2D eigenvalue weighted by Crippen LogP contribution is 2.36. The molecule has 588 valence electrons. The van der Waals surface area contributed by atoms with Crippen LogP contribution in [0.2, 0.25) is 0 Å². The minimum Gasteiger partial charge on any atom is -0.504 e. The van der Waals surface area contributed by atoms with Crippen molar-refractivity contribution in [3.05, 3.63) is 345 Å². The molecule has 2 fully saturated rings.